The van der Waals surface area contributed by atoms with E-state index >= 15 is 0 Å². The van der Waals surface area contributed by atoms with Crippen LogP contribution in [0.3, 0.4) is 0 Å². The van der Waals surface area contributed by atoms with Crippen LogP contribution in [0, 0.1) is 17.8 Å². The van der Waals surface area contributed by atoms with E-state index in [-0.39, 0.29) is 49.3 Å². The summed E-state index contributed by atoms with van der Waals surface area (Å²) >= 11 is 1.50. The molecule has 0 saturated carbocycles. The molecule has 4 amide bonds. The van der Waals surface area contributed by atoms with Gasteiger partial charge in [0.05, 0.1) is 24.8 Å². The van der Waals surface area contributed by atoms with Gasteiger partial charge in [-0.15, -0.1) is 11.3 Å². The molecule has 2 heterocycles. The van der Waals surface area contributed by atoms with Crippen LogP contribution in [-0.4, -0.2) is 36.0 Å². The second-order valence-electron chi connectivity index (χ2n) is 8.69. The summed E-state index contributed by atoms with van der Waals surface area (Å²) in [7, 11) is 0. The third-order valence-corrected chi connectivity index (χ3v) is 6.70. The molecule has 1 aromatic carbocycles. The number of rotatable bonds is 11. The van der Waals surface area contributed by atoms with E-state index in [1.165, 1.54) is 11.3 Å². The molecule has 1 aliphatic rings. The van der Waals surface area contributed by atoms with E-state index in [0.29, 0.717) is 0 Å². The molecule has 9 heteroatoms. The Labute approximate surface area is 202 Å². The first-order valence-corrected chi connectivity index (χ1v) is 12.1. The predicted octanol–water partition coefficient (Wildman–Crippen LogP) is 2.16. The summed E-state index contributed by atoms with van der Waals surface area (Å²) in [6.07, 6.45) is 0.379. The predicted molar refractivity (Wildman–Crippen MR) is 128 cm³/mol. The third-order valence-electron chi connectivity index (χ3n) is 5.83. The quantitative estimate of drug-likeness (QED) is 0.334. The van der Waals surface area contributed by atoms with E-state index in [4.69, 9.17) is 0 Å². The molecule has 34 heavy (non-hydrogen) atoms. The summed E-state index contributed by atoms with van der Waals surface area (Å²) in [5.41, 5.74) is 0.825. The van der Waals surface area contributed by atoms with E-state index in [1.807, 2.05) is 47.8 Å². The Hall–Kier alpha value is -3.33. The molecule has 0 spiro atoms. The number of benzene rings is 1. The molecule has 0 bridgehead atoms. The van der Waals surface area contributed by atoms with Crippen LogP contribution >= 0.6 is 11.3 Å². The Morgan fingerprint density at radius 1 is 1.00 bits per heavy atom. The molecule has 2 aromatic rings. The average molecular weight is 484 g/mol. The molecule has 1 unspecified atom stereocenters. The Morgan fingerprint density at radius 3 is 2.35 bits per heavy atom. The first-order chi connectivity index (χ1) is 16.2. The van der Waals surface area contributed by atoms with Crippen LogP contribution in [0.15, 0.2) is 47.8 Å². The molecule has 0 radical (unpaired) electrons. The van der Waals surface area contributed by atoms with Crippen molar-refractivity contribution in [2.24, 2.45) is 17.8 Å². The Morgan fingerprint density at radius 2 is 1.74 bits per heavy atom. The summed E-state index contributed by atoms with van der Waals surface area (Å²) < 4.78 is 0. The van der Waals surface area contributed by atoms with Gasteiger partial charge in [-0.3, -0.25) is 29.3 Å². The number of thiophene rings is 1. The number of hydrogen-bond donors (Lipinski definition) is 3. The van der Waals surface area contributed by atoms with Crippen LogP contribution in [0.25, 0.3) is 0 Å². The highest BCUT2D eigenvalue weighted by Crippen LogP contribution is 2.23. The zero-order valence-electron chi connectivity index (χ0n) is 19.2. The topological polar surface area (TPSA) is 121 Å². The second kappa shape index (κ2) is 11.7. The van der Waals surface area contributed by atoms with Crippen molar-refractivity contribution in [3.05, 3.63) is 58.3 Å². The van der Waals surface area contributed by atoms with E-state index < -0.39 is 29.7 Å². The van der Waals surface area contributed by atoms with Crippen molar-refractivity contribution in [1.29, 1.82) is 0 Å². The molecule has 1 fully saturated rings. The number of nitrogens with one attached hydrogen (secondary N) is 3. The van der Waals surface area contributed by atoms with E-state index in [1.54, 1.807) is 13.8 Å². The van der Waals surface area contributed by atoms with Gasteiger partial charge in [0.15, 0.2) is 0 Å². The number of Topliss-reactive ketones (excluding diaryl/α,β-unsaturated/α-hetero) is 1. The van der Waals surface area contributed by atoms with Gasteiger partial charge < -0.3 is 10.6 Å². The standard InChI is InChI=1S/C25H29N3O5S/c1-15(11-20(29)23-16(2)24(32)28-25(23)33)14-26-21(30)13-19(17-7-4-3-5-8-17)27-22(31)12-18-9-6-10-34-18/h3-10,15-16,19,23H,11-14H2,1-2H3,(H,26,30)(H,27,31)(H,28,32,33)/t15?,16-,19-,23+/m0/s1. The molecule has 4 atom stereocenters. The first-order valence-electron chi connectivity index (χ1n) is 11.3. The second-order valence-corrected chi connectivity index (χ2v) is 9.72. The summed E-state index contributed by atoms with van der Waals surface area (Å²) in [5.74, 6) is -3.57. The summed E-state index contributed by atoms with van der Waals surface area (Å²) in [6.45, 7) is 3.60. The van der Waals surface area contributed by atoms with Crippen LogP contribution in [0.1, 0.15) is 43.2 Å². The number of carbonyl (C=O) groups is 5. The van der Waals surface area contributed by atoms with E-state index in [0.717, 1.165) is 10.4 Å². The van der Waals surface area contributed by atoms with Crippen LogP contribution in [0.5, 0.6) is 0 Å². The molecule has 1 saturated heterocycles. The van der Waals surface area contributed by atoms with Crippen LogP contribution < -0.4 is 16.0 Å². The van der Waals surface area contributed by atoms with Gasteiger partial charge in [0.25, 0.3) is 0 Å². The molecule has 8 nitrogen and oxygen atoms in total. The van der Waals surface area contributed by atoms with Gasteiger partial charge in [-0.2, -0.15) is 0 Å². The number of imide groups is 1. The van der Waals surface area contributed by atoms with Gasteiger partial charge in [0, 0.05) is 17.8 Å². The largest absolute Gasteiger partial charge is 0.356 e. The zero-order valence-corrected chi connectivity index (χ0v) is 20.0. The lowest BCUT2D eigenvalue weighted by Gasteiger charge is -2.20. The number of ketones is 1. The molecule has 0 aliphatic carbocycles. The lowest BCUT2D eigenvalue weighted by molar-refractivity contribution is -0.134. The lowest BCUT2D eigenvalue weighted by Crippen LogP contribution is -2.36. The highest BCUT2D eigenvalue weighted by Gasteiger charge is 2.43. The van der Waals surface area contributed by atoms with Crippen LogP contribution in [-0.2, 0) is 30.4 Å². The lowest BCUT2D eigenvalue weighted by atomic mass is 9.88. The monoisotopic (exact) mass is 483 g/mol. The van der Waals surface area contributed by atoms with Crippen molar-refractivity contribution in [2.45, 2.75) is 39.2 Å². The first kappa shape index (κ1) is 25.3. The van der Waals surface area contributed by atoms with Gasteiger partial charge in [0.1, 0.15) is 11.7 Å². The minimum Gasteiger partial charge on any atom is -0.356 e. The maximum atomic E-state index is 12.7. The van der Waals surface area contributed by atoms with Crippen molar-refractivity contribution >= 4 is 40.7 Å². The van der Waals surface area contributed by atoms with E-state index in [9.17, 15) is 24.0 Å². The SMILES string of the molecule is CC(CNC(=O)C[C@H](NC(=O)Cc1cccs1)c1ccccc1)CC(=O)[C@@H]1C(=O)NC(=O)[C@H]1C. The number of carbonyl (C=O) groups excluding carboxylic acids is 5. The number of hydrogen-bond acceptors (Lipinski definition) is 6. The fourth-order valence-corrected chi connectivity index (χ4v) is 4.66. The molecule has 1 aliphatic heterocycles. The van der Waals surface area contributed by atoms with Crippen molar-refractivity contribution < 1.29 is 24.0 Å². The molecule has 3 rings (SSSR count). The zero-order chi connectivity index (χ0) is 24.7. The van der Waals surface area contributed by atoms with Gasteiger partial charge >= 0.3 is 0 Å². The average Bonchev–Trinajstić information content (AvgIpc) is 3.39. The van der Waals surface area contributed by atoms with Gasteiger partial charge in [-0.1, -0.05) is 50.2 Å². The molecule has 1 aromatic heterocycles. The maximum absolute atomic E-state index is 12.7. The summed E-state index contributed by atoms with van der Waals surface area (Å²) in [6, 6.07) is 12.6. The van der Waals surface area contributed by atoms with Crippen molar-refractivity contribution in [3.63, 3.8) is 0 Å². The fourth-order valence-electron chi connectivity index (χ4n) is 3.96. The van der Waals surface area contributed by atoms with Gasteiger partial charge in [-0.25, -0.2) is 0 Å². The maximum Gasteiger partial charge on any atom is 0.237 e. The van der Waals surface area contributed by atoms with E-state index in [2.05, 4.69) is 16.0 Å². The third kappa shape index (κ3) is 6.84. The highest BCUT2D eigenvalue weighted by molar-refractivity contribution is 7.10. The smallest absolute Gasteiger partial charge is 0.237 e. The van der Waals surface area contributed by atoms with Crippen molar-refractivity contribution in [3.8, 4) is 0 Å². The fraction of sp³-hybridized carbons (Fsp3) is 0.400. The Balaban J connectivity index is 1.52. The van der Waals surface area contributed by atoms with Crippen molar-refractivity contribution in [2.75, 3.05) is 6.54 Å². The Bertz CT molecular complexity index is 1040. The molecular formula is C25H29N3O5S. The van der Waals surface area contributed by atoms with Crippen molar-refractivity contribution in [1.82, 2.24) is 16.0 Å². The summed E-state index contributed by atoms with van der Waals surface area (Å²) in [5, 5.41) is 9.87. The normalized spacial score (nSPS) is 19.2. The minimum atomic E-state index is -0.966. The summed E-state index contributed by atoms with van der Waals surface area (Å²) in [4.78, 5) is 62.1. The highest BCUT2D eigenvalue weighted by atomic mass is 32.1. The van der Waals surface area contributed by atoms with Crippen LogP contribution in [0.2, 0.25) is 0 Å². The number of amides is 4. The van der Waals surface area contributed by atoms with Gasteiger partial charge in [0.2, 0.25) is 23.6 Å². The van der Waals surface area contributed by atoms with Gasteiger partial charge in [-0.05, 0) is 22.9 Å². The Kier molecular flexibility index (Phi) is 8.70. The molecule has 180 valence electrons. The van der Waals surface area contributed by atoms with Crippen LogP contribution in [0.4, 0.5) is 0 Å². The molecule has 3 N–H and O–H groups in total. The molecular weight excluding hydrogens is 454 g/mol. The minimum absolute atomic E-state index is 0.0530.